The van der Waals surface area contributed by atoms with E-state index in [1.165, 1.54) is 0 Å². The zero-order valence-electron chi connectivity index (χ0n) is 14.1. The summed E-state index contributed by atoms with van der Waals surface area (Å²) < 4.78 is 31.8. The molecule has 1 heterocycles. The lowest BCUT2D eigenvalue weighted by molar-refractivity contribution is -0.121. The third kappa shape index (κ3) is 7.11. The summed E-state index contributed by atoms with van der Waals surface area (Å²) in [6.45, 7) is 0.815. The Morgan fingerprint density at radius 3 is 2.44 bits per heavy atom. The lowest BCUT2D eigenvalue weighted by atomic mass is 10.1. The molecule has 0 atom stereocenters. The van der Waals surface area contributed by atoms with Crippen molar-refractivity contribution in [2.75, 3.05) is 6.54 Å². The zero-order valence-corrected chi connectivity index (χ0v) is 14.9. The molecule has 7 heteroatoms. The largest absolute Gasteiger partial charge is 0.467 e. The van der Waals surface area contributed by atoms with E-state index in [-0.39, 0.29) is 10.8 Å². The Kier molecular flexibility index (Phi) is 7.69. The van der Waals surface area contributed by atoms with Crippen molar-refractivity contribution < 1.29 is 17.6 Å². The van der Waals surface area contributed by atoms with Gasteiger partial charge in [0.15, 0.2) is 0 Å². The molecule has 25 heavy (non-hydrogen) atoms. The molecule has 0 unspecified atom stereocenters. The number of sulfonamides is 1. The van der Waals surface area contributed by atoms with E-state index < -0.39 is 10.0 Å². The van der Waals surface area contributed by atoms with Gasteiger partial charge in [-0.3, -0.25) is 4.79 Å². The van der Waals surface area contributed by atoms with Gasteiger partial charge in [0, 0.05) is 13.0 Å². The third-order valence-corrected chi connectivity index (χ3v) is 5.19. The first-order chi connectivity index (χ1) is 12.1. The molecule has 0 spiro atoms. The second-order valence-corrected chi connectivity index (χ2v) is 7.50. The van der Waals surface area contributed by atoms with Crippen LogP contribution in [0.15, 0.2) is 58.0 Å². The number of rotatable bonds is 11. The number of benzene rings is 1. The summed E-state index contributed by atoms with van der Waals surface area (Å²) in [7, 11) is -3.42. The number of unbranched alkanes of at least 4 members (excludes halogenated alkanes) is 3. The Hall–Kier alpha value is -2.12. The van der Waals surface area contributed by atoms with Crippen molar-refractivity contribution in [3.63, 3.8) is 0 Å². The van der Waals surface area contributed by atoms with E-state index in [0.29, 0.717) is 19.5 Å². The monoisotopic (exact) mass is 364 g/mol. The summed E-state index contributed by atoms with van der Waals surface area (Å²) in [6, 6.07) is 11.9. The molecule has 0 fully saturated rings. The van der Waals surface area contributed by atoms with Crippen LogP contribution >= 0.6 is 0 Å². The first kappa shape index (κ1) is 19.2. The molecule has 1 amide bonds. The highest BCUT2D eigenvalue weighted by molar-refractivity contribution is 7.89. The number of nitrogens with one attached hydrogen (secondary N) is 2. The smallest absolute Gasteiger partial charge is 0.240 e. The normalized spacial score (nSPS) is 11.4. The zero-order chi connectivity index (χ0) is 18.0. The molecule has 0 radical (unpaired) electrons. The average molecular weight is 364 g/mol. The maximum absolute atomic E-state index is 12.0. The maximum atomic E-state index is 12.0. The van der Waals surface area contributed by atoms with E-state index in [1.54, 1.807) is 42.7 Å². The summed E-state index contributed by atoms with van der Waals surface area (Å²) in [4.78, 5) is 12.0. The molecule has 6 nitrogen and oxygen atoms in total. The predicted molar refractivity (Wildman–Crippen MR) is 95.3 cm³/mol. The van der Waals surface area contributed by atoms with Crippen molar-refractivity contribution >= 4 is 15.9 Å². The van der Waals surface area contributed by atoms with E-state index >= 15 is 0 Å². The van der Waals surface area contributed by atoms with E-state index in [0.717, 1.165) is 31.4 Å². The van der Waals surface area contributed by atoms with Gasteiger partial charge in [-0.05, 0) is 37.1 Å². The molecule has 0 aliphatic rings. The summed E-state index contributed by atoms with van der Waals surface area (Å²) in [5.74, 6) is 0.736. The van der Waals surface area contributed by atoms with Gasteiger partial charge in [-0.25, -0.2) is 13.1 Å². The molecule has 0 saturated carbocycles. The van der Waals surface area contributed by atoms with Crippen LogP contribution in [0.1, 0.15) is 37.9 Å². The standard InChI is InChI=1S/C18H24N2O4S/c21-18(19-15-16-9-8-14-24-16)12-6-1-2-7-13-20-25(22,23)17-10-4-3-5-11-17/h3-5,8-11,14,20H,1-2,6-7,12-13,15H2,(H,19,21). The van der Waals surface area contributed by atoms with Gasteiger partial charge in [0.1, 0.15) is 5.76 Å². The van der Waals surface area contributed by atoms with E-state index in [4.69, 9.17) is 4.42 Å². The van der Waals surface area contributed by atoms with Crippen LogP contribution in [-0.2, 0) is 21.4 Å². The molecule has 0 aliphatic heterocycles. The quantitative estimate of drug-likeness (QED) is 0.600. The lowest BCUT2D eigenvalue weighted by Gasteiger charge is -2.06. The minimum atomic E-state index is -3.42. The highest BCUT2D eigenvalue weighted by atomic mass is 32.2. The number of carbonyl (C=O) groups excluding carboxylic acids is 1. The van der Waals surface area contributed by atoms with Crippen LogP contribution in [0.4, 0.5) is 0 Å². The highest BCUT2D eigenvalue weighted by Crippen LogP contribution is 2.08. The van der Waals surface area contributed by atoms with Crippen molar-refractivity contribution in [3.05, 3.63) is 54.5 Å². The fraction of sp³-hybridized carbons (Fsp3) is 0.389. The van der Waals surface area contributed by atoms with Gasteiger partial charge in [0.05, 0.1) is 17.7 Å². The van der Waals surface area contributed by atoms with Gasteiger partial charge in [0.2, 0.25) is 15.9 Å². The van der Waals surface area contributed by atoms with Crippen molar-refractivity contribution in [2.24, 2.45) is 0 Å². The van der Waals surface area contributed by atoms with Crippen LogP contribution in [0.3, 0.4) is 0 Å². The molecule has 1 aromatic carbocycles. The molecule has 136 valence electrons. The molecule has 0 aliphatic carbocycles. The summed E-state index contributed by atoms with van der Waals surface area (Å²) in [5, 5.41) is 2.80. The highest BCUT2D eigenvalue weighted by Gasteiger charge is 2.11. The molecular formula is C18H24N2O4S. The Labute approximate surface area is 148 Å². The molecule has 2 aromatic rings. The average Bonchev–Trinajstić information content (AvgIpc) is 3.13. The Balaban J connectivity index is 1.51. The van der Waals surface area contributed by atoms with Crippen LogP contribution < -0.4 is 10.0 Å². The summed E-state index contributed by atoms with van der Waals surface area (Å²) in [6.07, 6.45) is 5.35. The molecular weight excluding hydrogens is 340 g/mol. The topological polar surface area (TPSA) is 88.4 Å². The first-order valence-corrected chi connectivity index (χ1v) is 9.90. The van der Waals surface area contributed by atoms with Gasteiger partial charge < -0.3 is 9.73 Å². The van der Waals surface area contributed by atoms with Gasteiger partial charge in [0.25, 0.3) is 0 Å². The number of amides is 1. The molecule has 2 rings (SSSR count). The van der Waals surface area contributed by atoms with Crippen LogP contribution in [0.2, 0.25) is 0 Å². The molecule has 0 bridgehead atoms. The van der Waals surface area contributed by atoms with Gasteiger partial charge in [-0.1, -0.05) is 31.0 Å². The second kappa shape index (κ2) is 10.0. The minimum Gasteiger partial charge on any atom is -0.467 e. The minimum absolute atomic E-state index is 0.00109. The second-order valence-electron chi connectivity index (χ2n) is 5.73. The molecule has 1 aromatic heterocycles. The lowest BCUT2D eigenvalue weighted by Crippen LogP contribution is -2.24. The maximum Gasteiger partial charge on any atom is 0.240 e. The van der Waals surface area contributed by atoms with Gasteiger partial charge in [-0.2, -0.15) is 0 Å². The van der Waals surface area contributed by atoms with Gasteiger partial charge >= 0.3 is 0 Å². The molecule has 0 saturated heterocycles. The van der Waals surface area contributed by atoms with Crippen molar-refractivity contribution in [2.45, 2.75) is 43.5 Å². The number of hydrogen-bond donors (Lipinski definition) is 2. The summed E-state index contributed by atoms with van der Waals surface area (Å²) >= 11 is 0. The first-order valence-electron chi connectivity index (χ1n) is 8.42. The van der Waals surface area contributed by atoms with Crippen LogP contribution in [-0.4, -0.2) is 20.9 Å². The van der Waals surface area contributed by atoms with E-state index in [1.807, 2.05) is 6.07 Å². The number of carbonyl (C=O) groups is 1. The van der Waals surface area contributed by atoms with Gasteiger partial charge in [-0.15, -0.1) is 0 Å². The third-order valence-electron chi connectivity index (χ3n) is 3.72. The molecule has 2 N–H and O–H groups in total. The van der Waals surface area contributed by atoms with Crippen LogP contribution in [0.5, 0.6) is 0 Å². The number of hydrogen-bond acceptors (Lipinski definition) is 4. The van der Waals surface area contributed by atoms with E-state index in [2.05, 4.69) is 10.0 Å². The van der Waals surface area contributed by atoms with Crippen molar-refractivity contribution in [3.8, 4) is 0 Å². The van der Waals surface area contributed by atoms with E-state index in [9.17, 15) is 13.2 Å². The fourth-order valence-corrected chi connectivity index (χ4v) is 3.44. The van der Waals surface area contributed by atoms with Crippen LogP contribution in [0.25, 0.3) is 0 Å². The fourth-order valence-electron chi connectivity index (χ4n) is 2.34. The predicted octanol–water partition coefficient (Wildman–Crippen LogP) is 2.82. The number of furan rings is 1. The van der Waals surface area contributed by atoms with Crippen LogP contribution in [0, 0.1) is 0 Å². The SMILES string of the molecule is O=C(CCCCCCNS(=O)(=O)c1ccccc1)NCc1ccco1. The Bertz CT molecular complexity index is 728. The van der Waals surface area contributed by atoms with Crippen molar-refractivity contribution in [1.82, 2.24) is 10.0 Å². The van der Waals surface area contributed by atoms with Crippen molar-refractivity contribution in [1.29, 1.82) is 0 Å². The Morgan fingerprint density at radius 2 is 1.72 bits per heavy atom. The Morgan fingerprint density at radius 1 is 0.960 bits per heavy atom. The summed E-state index contributed by atoms with van der Waals surface area (Å²) in [5.41, 5.74) is 0.